The van der Waals surface area contributed by atoms with Crippen LogP contribution < -0.4 is 10.1 Å². The van der Waals surface area contributed by atoms with Crippen LogP contribution in [0.15, 0.2) is 6.07 Å². The van der Waals surface area contributed by atoms with Gasteiger partial charge in [0.15, 0.2) is 0 Å². The summed E-state index contributed by atoms with van der Waals surface area (Å²) in [6.07, 6.45) is 1.18. The second kappa shape index (κ2) is 6.03. The predicted octanol–water partition coefficient (Wildman–Crippen LogP) is 3.38. The van der Waals surface area contributed by atoms with Crippen LogP contribution in [0.5, 0.6) is 5.88 Å². The fourth-order valence-electron chi connectivity index (χ4n) is 1.41. The van der Waals surface area contributed by atoms with Crippen LogP contribution in [0.4, 0.5) is 5.82 Å². The topological polar surface area (TPSA) is 47.0 Å². The van der Waals surface area contributed by atoms with E-state index in [-0.39, 0.29) is 11.5 Å². The fraction of sp³-hybridized carbons (Fsp3) is 0.714. The minimum absolute atomic E-state index is 0.0843. The van der Waals surface area contributed by atoms with Gasteiger partial charge in [0.05, 0.1) is 6.10 Å². The maximum Gasteiger partial charge on any atom is 0.218 e. The Morgan fingerprint density at radius 3 is 2.44 bits per heavy atom. The lowest BCUT2D eigenvalue weighted by Crippen LogP contribution is -2.19. The van der Waals surface area contributed by atoms with Crippen molar-refractivity contribution in [1.29, 1.82) is 0 Å². The van der Waals surface area contributed by atoms with Crippen LogP contribution in [0, 0.1) is 0 Å². The Hall–Kier alpha value is -1.32. The number of hydrogen-bond acceptors (Lipinski definition) is 4. The van der Waals surface area contributed by atoms with E-state index >= 15 is 0 Å². The van der Waals surface area contributed by atoms with Gasteiger partial charge in [-0.05, 0) is 20.3 Å². The number of hydrogen-bond donors (Lipinski definition) is 1. The van der Waals surface area contributed by atoms with E-state index in [2.05, 4.69) is 43.0 Å². The Morgan fingerprint density at radius 2 is 1.94 bits per heavy atom. The predicted molar refractivity (Wildman–Crippen MR) is 75.3 cm³/mol. The maximum atomic E-state index is 5.68. The third-order valence-electron chi connectivity index (χ3n) is 2.29. The smallest absolute Gasteiger partial charge is 0.218 e. The molecule has 0 aromatic carbocycles. The van der Waals surface area contributed by atoms with E-state index in [0.717, 1.165) is 24.6 Å². The van der Waals surface area contributed by atoms with Crippen molar-refractivity contribution in [3.8, 4) is 5.88 Å². The Bertz CT molecular complexity index is 383. The molecule has 102 valence electrons. The van der Waals surface area contributed by atoms with Gasteiger partial charge in [-0.2, -0.15) is 4.98 Å². The van der Waals surface area contributed by atoms with E-state index in [1.165, 1.54) is 0 Å². The van der Waals surface area contributed by atoms with Crippen LogP contribution in [0.3, 0.4) is 0 Å². The molecule has 1 N–H and O–H groups in total. The Balaban J connectivity index is 3.03. The summed E-state index contributed by atoms with van der Waals surface area (Å²) in [5.41, 5.74) is -0.0843. The zero-order valence-electron chi connectivity index (χ0n) is 12.4. The first-order valence-corrected chi connectivity index (χ1v) is 6.63. The molecule has 0 radical (unpaired) electrons. The lowest BCUT2D eigenvalue weighted by Gasteiger charge is -2.19. The summed E-state index contributed by atoms with van der Waals surface area (Å²) in [7, 11) is 0. The highest BCUT2D eigenvalue weighted by Gasteiger charge is 2.19. The molecule has 0 unspecified atom stereocenters. The highest BCUT2D eigenvalue weighted by Crippen LogP contribution is 2.23. The first-order valence-electron chi connectivity index (χ1n) is 6.63. The van der Waals surface area contributed by atoms with Crippen LogP contribution in [-0.4, -0.2) is 22.6 Å². The minimum Gasteiger partial charge on any atom is -0.475 e. The van der Waals surface area contributed by atoms with Crippen LogP contribution in [0.2, 0.25) is 0 Å². The van der Waals surface area contributed by atoms with E-state index in [1.807, 2.05) is 19.9 Å². The molecule has 0 fully saturated rings. The van der Waals surface area contributed by atoms with Crippen molar-refractivity contribution in [3.05, 3.63) is 11.9 Å². The van der Waals surface area contributed by atoms with Gasteiger partial charge in [-0.25, -0.2) is 4.98 Å². The Morgan fingerprint density at radius 1 is 1.28 bits per heavy atom. The Labute approximate surface area is 110 Å². The van der Waals surface area contributed by atoms with Gasteiger partial charge in [0, 0.05) is 18.0 Å². The molecule has 0 atom stereocenters. The normalized spacial score (nSPS) is 11.7. The molecule has 0 aliphatic carbocycles. The molecule has 1 rings (SSSR count). The van der Waals surface area contributed by atoms with Crippen molar-refractivity contribution in [3.63, 3.8) is 0 Å². The molecule has 18 heavy (non-hydrogen) atoms. The van der Waals surface area contributed by atoms with Crippen LogP contribution >= 0.6 is 0 Å². The lowest BCUT2D eigenvalue weighted by atomic mass is 9.96. The van der Waals surface area contributed by atoms with Crippen molar-refractivity contribution in [2.75, 3.05) is 11.9 Å². The molecule has 4 nitrogen and oxygen atoms in total. The van der Waals surface area contributed by atoms with Crippen LogP contribution in [0.1, 0.15) is 53.8 Å². The van der Waals surface area contributed by atoms with E-state index in [0.29, 0.717) is 5.88 Å². The molecule has 0 saturated carbocycles. The summed E-state index contributed by atoms with van der Waals surface area (Å²) >= 11 is 0. The molecule has 1 heterocycles. The highest BCUT2D eigenvalue weighted by molar-refractivity contribution is 5.39. The number of aromatic nitrogens is 2. The summed E-state index contributed by atoms with van der Waals surface area (Å²) in [5, 5.41) is 3.29. The number of rotatable bonds is 5. The first-order chi connectivity index (χ1) is 8.32. The zero-order chi connectivity index (χ0) is 13.8. The molecular formula is C14H25N3O. The van der Waals surface area contributed by atoms with Crippen molar-refractivity contribution in [1.82, 2.24) is 9.97 Å². The summed E-state index contributed by atoms with van der Waals surface area (Å²) in [6, 6.07) is 1.87. The second-order valence-corrected chi connectivity index (χ2v) is 5.76. The first kappa shape index (κ1) is 14.7. The molecule has 1 aromatic heterocycles. The van der Waals surface area contributed by atoms with Crippen molar-refractivity contribution in [2.24, 2.45) is 0 Å². The van der Waals surface area contributed by atoms with Gasteiger partial charge in [-0.1, -0.05) is 27.7 Å². The molecular weight excluding hydrogens is 226 g/mol. The quantitative estimate of drug-likeness (QED) is 0.871. The lowest BCUT2D eigenvalue weighted by molar-refractivity contribution is 0.230. The van der Waals surface area contributed by atoms with Gasteiger partial charge < -0.3 is 10.1 Å². The van der Waals surface area contributed by atoms with Crippen LogP contribution in [-0.2, 0) is 5.41 Å². The zero-order valence-corrected chi connectivity index (χ0v) is 12.4. The average Bonchev–Trinajstić information content (AvgIpc) is 2.24. The average molecular weight is 251 g/mol. The Kier molecular flexibility index (Phi) is 4.93. The fourth-order valence-corrected chi connectivity index (χ4v) is 1.41. The minimum atomic E-state index is -0.0843. The standard InChI is InChI=1S/C14H25N3O/c1-7-8-15-11-9-12(18-10(2)3)17-13(16-11)14(4,5)6/h9-10H,7-8H2,1-6H3,(H,15,16,17). The van der Waals surface area contributed by atoms with E-state index in [4.69, 9.17) is 4.74 Å². The molecule has 0 bridgehead atoms. The van der Waals surface area contributed by atoms with E-state index in [9.17, 15) is 0 Å². The second-order valence-electron chi connectivity index (χ2n) is 5.76. The van der Waals surface area contributed by atoms with Crippen molar-refractivity contribution < 1.29 is 4.74 Å². The molecule has 0 amide bonds. The molecule has 0 spiro atoms. The van der Waals surface area contributed by atoms with Gasteiger partial charge in [0.25, 0.3) is 0 Å². The summed E-state index contributed by atoms with van der Waals surface area (Å²) in [6.45, 7) is 13.3. The van der Waals surface area contributed by atoms with Gasteiger partial charge in [0.2, 0.25) is 5.88 Å². The summed E-state index contributed by atoms with van der Waals surface area (Å²) in [5.74, 6) is 2.29. The SMILES string of the molecule is CCCNc1cc(OC(C)C)nc(C(C)(C)C)n1. The molecule has 0 aliphatic heterocycles. The number of ether oxygens (including phenoxy) is 1. The molecule has 1 aromatic rings. The third kappa shape index (κ3) is 4.51. The largest absolute Gasteiger partial charge is 0.475 e. The van der Waals surface area contributed by atoms with Crippen LogP contribution in [0.25, 0.3) is 0 Å². The van der Waals surface area contributed by atoms with Crippen molar-refractivity contribution in [2.45, 2.75) is 59.5 Å². The van der Waals surface area contributed by atoms with E-state index < -0.39 is 0 Å². The molecule has 4 heteroatoms. The van der Waals surface area contributed by atoms with Gasteiger partial charge in [-0.15, -0.1) is 0 Å². The number of nitrogens with zero attached hydrogens (tertiary/aromatic N) is 2. The summed E-state index contributed by atoms with van der Waals surface area (Å²) in [4.78, 5) is 9.03. The van der Waals surface area contributed by atoms with Gasteiger partial charge in [0.1, 0.15) is 11.6 Å². The van der Waals surface area contributed by atoms with Gasteiger partial charge in [-0.3, -0.25) is 0 Å². The monoisotopic (exact) mass is 251 g/mol. The summed E-state index contributed by atoms with van der Waals surface area (Å²) < 4.78 is 5.68. The van der Waals surface area contributed by atoms with E-state index in [1.54, 1.807) is 0 Å². The number of anilines is 1. The number of nitrogens with one attached hydrogen (secondary N) is 1. The van der Waals surface area contributed by atoms with Gasteiger partial charge >= 0.3 is 0 Å². The molecule has 0 saturated heterocycles. The maximum absolute atomic E-state index is 5.68. The highest BCUT2D eigenvalue weighted by atomic mass is 16.5. The van der Waals surface area contributed by atoms with Crippen molar-refractivity contribution >= 4 is 5.82 Å². The molecule has 0 aliphatic rings. The third-order valence-corrected chi connectivity index (χ3v) is 2.29.